The Balaban J connectivity index is 1.70. The number of nitrogens with two attached hydrogens (primary N) is 1. The van der Waals surface area contributed by atoms with Crippen LogP contribution in [-0.4, -0.2) is 48.7 Å². The Kier molecular flexibility index (Phi) is 5.31. The van der Waals surface area contributed by atoms with Crippen molar-refractivity contribution >= 4 is 23.1 Å². The van der Waals surface area contributed by atoms with E-state index < -0.39 is 0 Å². The van der Waals surface area contributed by atoms with Crippen molar-refractivity contribution in [1.29, 1.82) is 0 Å². The van der Waals surface area contributed by atoms with Crippen LogP contribution in [0.25, 0.3) is 0 Å². The van der Waals surface area contributed by atoms with E-state index in [2.05, 4.69) is 0 Å². The fourth-order valence-electron chi connectivity index (χ4n) is 1.95. The van der Waals surface area contributed by atoms with Gasteiger partial charge in [-0.15, -0.1) is 0 Å². The van der Waals surface area contributed by atoms with Crippen LogP contribution in [-0.2, 0) is 9.53 Å². The quantitative estimate of drug-likeness (QED) is 0.625. The lowest BCUT2D eigenvalue weighted by Crippen LogP contribution is -2.42. The van der Waals surface area contributed by atoms with Crippen LogP contribution in [0.2, 0.25) is 0 Å². The number of hydrogen-bond donors (Lipinski definition) is 1. The van der Waals surface area contributed by atoms with Gasteiger partial charge in [-0.2, -0.15) is 0 Å². The molecule has 1 aromatic rings. The average Bonchev–Trinajstić information content (AvgIpc) is 2.46. The van der Waals surface area contributed by atoms with Gasteiger partial charge in [0, 0.05) is 18.7 Å². The Hall–Kier alpha value is -1.66. The summed E-state index contributed by atoms with van der Waals surface area (Å²) >= 11 is 4.88. The van der Waals surface area contributed by atoms with E-state index in [1.807, 2.05) is 29.2 Å². The molecule has 2 rings (SSSR count). The van der Waals surface area contributed by atoms with Gasteiger partial charge >= 0.3 is 0 Å². The lowest BCUT2D eigenvalue weighted by Gasteiger charge is -2.26. The molecule has 1 aliphatic heterocycles. The van der Waals surface area contributed by atoms with E-state index in [9.17, 15) is 4.79 Å². The van der Waals surface area contributed by atoms with E-state index in [1.54, 1.807) is 0 Å². The zero-order chi connectivity index (χ0) is 14.4. The second kappa shape index (κ2) is 7.21. The molecular weight excluding hydrogens is 276 g/mol. The molecule has 0 saturated carbocycles. The largest absolute Gasteiger partial charge is 0.494 e. The van der Waals surface area contributed by atoms with Crippen molar-refractivity contribution in [3.63, 3.8) is 0 Å². The van der Waals surface area contributed by atoms with E-state index >= 15 is 0 Å². The van der Waals surface area contributed by atoms with Gasteiger partial charge in [0.05, 0.1) is 13.2 Å². The topological polar surface area (TPSA) is 64.8 Å². The van der Waals surface area contributed by atoms with Crippen molar-refractivity contribution in [2.24, 2.45) is 5.73 Å². The van der Waals surface area contributed by atoms with Crippen LogP contribution in [0.3, 0.4) is 0 Å². The predicted octanol–water partition coefficient (Wildman–Crippen LogP) is 0.948. The molecule has 5 nitrogen and oxygen atoms in total. The van der Waals surface area contributed by atoms with Crippen LogP contribution in [0.1, 0.15) is 12.0 Å². The Labute approximate surface area is 123 Å². The third kappa shape index (κ3) is 4.18. The minimum atomic E-state index is 0.0528. The van der Waals surface area contributed by atoms with E-state index in [4.69, 9.17) is 27.4 Å². The Morgan fingerprint density at radius 2 is 2.15 bits per heavy atom. The molecule has 0 bridgehead atoms. The van der Waals surface area contributed by atoms with Gasteiger partial charge in [0.25, 0.3) is 0 Å². The first-order valence-electron chi connectivity index (χ1n) is 6.55. The molecule has 6 heteroatoms. The molecule has 1 fully saturated rings. The first-order chi connectivity index (χ1) is 9.66. The first kappa shape index (κ1) is 14.7. The van der Waals surface area contributed by atoms with Crippen molar-refractivity contribution in [2.75, 3.05) is 32.9 Å². The summed E-state index contributed by atoms with van der Waals surface area (Å²) in [6.45, 7) is 2.75. The van der Waals surface area contributed by atoms with E-state index in [1.165, 1.54) is 0 Å². The zero-order valence-corrected chi connectivity index (χ0v) is 12.0. The molecule has 20 heavy (non-hydrogen) atoms. The smallest absolute Gasteiger partial charge is 0.248 e. The molecular formula is C14H18N2O3S. The van der Waals surface area contributed by atoms with Crippen LogP contribution >= 0.6 is 12.2 Å². The van der Waals surface area contributed by atoms with Crippen LogP contribution in [0.5, 0.6) is 5.75 Å². The number of carbonyl (C=O) groups excluding carboxylic acids is 1. The molecule has 0 spiro atoms. The second-order valence-corrected chi connectivity index (χ2v) is 4.96. The van der Waals surface area contributed by atoms with Gasteiger partial charge in [0.15, 0.2) is 0 Å². The van der Waals surface area contributed by atoms with E-state index in [0.717, 1.165) is 17.7 Å². The molecule has 1 heterocycles. The summed E-state index contributed by atoms with van der Waals surface area (Å²) in [6, 6.07) is 7.36. The van der Waals surface area contributed by atoms with Crippen LogP contribution < -0.4 is 10.5 Å². The fourth-order valence-corrected chi connectivity index (χ4v) is 2.08. The molecule has 0 unspecified atom stereocenters. The summed E-state index contributed by atoms with van der Waals surface area (Å²) < 4.78 is 10.7. The molecule has 1 aromatic carbocycles. The van der Waals surface area contributed by atoms with Gasteiger partial charge in [0.2, 0.25) is 5.91 Å². The van der Waals surface area contributed by atoms with E-state index in [-0.39, 0.29) is 12.5 Å². The van der Waals surface area contributed by atoms with Crippen molar-refractivity contribution in [3.8, 4) is 5.75 Å². The number of hydrogen-bond acceptors (Lipinski definition) is 4. The third-order valence-corrected chi connectivity index (χ3v) is 3.30. The summed E-state index contributed by atoms with van der Waals surface area (Å²) in [5.74, 6) is 0.829. The Morgan fingerprint density at radius 1 is 1.40 bits per heavy atom. The van der Waals surface area contributed by atoms with Gasteiger partial charge in [0.1, 0.15) is 17.3 Å². The molecule has 1 amide bonds. The minimum absolute atomic E-state index is 0.0528. The maximum Gasteiger partial charge on any atom is 0.248 e. The highest BCUT2D eigenvalue weighted by atomic mass is 32.1. The summed E-state index contributed by atoms with van der Waals surface area (Å²) in [5.41, 5.74) is 6.35. The lowest BCUT2D eigenvalue weighted by atomic mass is 10.2. The monoisotopic (exact) mass is 294 g/mol. The molecule has 0 atom stereocenters. The normalized spacial score (nSPS) is 15.2. The highest BCUT2D eigenvalue weighted by Crippen LogP contribution is 2.12. The van der Waals surface area contributed by atoms with Crippen LogP contribution in [0, 0.1) is 0 Å². The van der Waals surface area contributed by atoms with Crippen molar-refractivity contribution in [1.82, 2.24) is 4.90 Å². The molecule has 1 saturated heterocycles. The fraction of sp³-hybridized carbons (Fsp3) is 0.429. The molecule has 0 aliphatic carbocycles. The molecule has 2 N–H and O–H groups in total. The highest BCUT2D eigenvalue weighted by molar-refractivity contribution is 7.80. The zero-order valence-electron chi connectivity index (χ0n) is 11.2. The predicted molar refractivity (Wildman–Crippen MR) is 79.8 cm³/mol. The number of thiocarbonyl (C=S) groups is 1. The summed E-state index contributed by atoms with van der Waals surface area (Å²) in [6.07, 6.45) is 0.794. The SMILES string of the molecule is NC(=S)c1ccc(OCCCN2CCOCC2=O)cc1. The number of morpholine rings is 1. The summed E-state index contributed by atoms with van der Waals surface area (Å²) in [7, 11) is 0. The minimum Gasteiger partial charge on any atom is -0.494 e. The molecule has 0 aromatic heterocycles. The maximum atomic E-state index is 11.5. The highest BCUT2D eigenvalue weighted by Gasteiger charge is 2.17. The first-order valence-corrected chi connectivity index (χ1v) is 6.96. The number of benzene rings is 1. The number of ether oxygens (including phenoxy) is 2. The number of nitrogens with zero attached hydrogens (tertiary/aromatic N) is 1. The van der Waals surface area contributed by atoms with Crippen LogP contribution in [0.4, 0.5) is 0 Å². The summed E-state index contributed by atoms with van der Waals surface area (Å²) in [4.78, 5) is 13.7. The number of amides is 1. The lowest BCUT2D eigenvalue weighted by molar-refractivity contribution is -0.142. The standard InChI is InChI=1S/C14H18N2O3S/c15-14(20)11-2-4-12(5-3-11)19-8-1-6-16-7-9-18-10-13(16)17/h2-5H,1,6-10H2,(H2,15,20). The van der Waals surface area contributed by atoms with Gasteiger partial charge in [-0.1, -0.05) is 12.2 Å². The summed E-state index contributed by atoms with van der Waals surface area (Å²) in [5, 5.41) is 0. The third-order valence-electron chi connectivity index (χ3n) is 3.06. The van der Waals surface area contributed by atoms with Crippen LogP contribution in [0.15, 0.2) is 24.3 Å². The van der Waals surface area contributed by atoms with Gasteiger partial charge in [-0.05, 0) is 30.7 Å². The van der Waals surface area contributed by atoms with Crippen molar-refractivity contribution in [2.45, 2.75) is 6.42 Å². The number of carbonyl (C=O) groups is 1. The van der Waals surface area contributed by atoms with E-state index in [0.29, 0.717) is 31.3 Å². The maximum absolute atomic E-state index is 11.5. The van der Waals surface area contributed by atoms with Gasteiger partial charge < -0.3 is 20.1 Å². The van der Waals surface area contributed by atoms with Crippen molar-refractivity contribution < 1.29 is 14.3 Å². The van der Waals surface area contributed by atoms with Crippen molar-refractivity contribution in [3.05, 3.63) is 29.8 Å². The Bertz CT molecular complexity index is 476. The molecule has 108 valence electrons. The average molecular weight is 294 g/mol. The van der Waals surface area contributed by atoms with Gasteiger partial charge in [-0.3, -0.25) is 4.79 Å². The molecule has 1 aliphatic rings. The molecule has 0 radical (unpaired) electrons. The number of rotatable bonds is 6. The van der Waals surface area contributed by atoms with Gasteiger partial charge in [-0.25, -0.2) is 0 Å². The second-order valence-electron chi connectivity index (χ2n) is 4.52. The Morgan fingerprint density at radius 3 is 2.80 bits per heavy atom.